The van der Waals surface area contributed by atoms with Gasteiger partial charge in [0.15, 0.2) is 11.5 Å². The lowest BCUT2D eigenvalue weighted by atomic mass is 10.2. The molecule has 0 spiro atoms. The Bertz CT molecular complexity index is 940. The van der Waals surface area contributed by atoms with Crippen LogP contribution in [0.2, 0.25) is 0 Å². The first-order valence-corrected chi connectivity index (χ1v) is 9.80. The van der Waals surface area contributed by atoms with Gasteiger partial charge in [0.25, 0.3) is 0 Å². The molecule has 2 aromatic rings. The normalized spacial score (nSPS) is 17.5. The van der Waals surface area contributed by atoms with Crippen LogP contribution in [-0.2, 0) is 10.0 Å². The molecule has 0 amide bonds. The Morgan fingerprint density at radius 1 is 0.962 bits per heavy atom. The summed E-state index contributed by atoms with van der Waals surface area (Å²) in [6, 6.07) is 9.63. The van der Waals surface area contributed by atoms with Crippen molar-refractivity contribution in [3.8, 4) is 11.5 Å². The summed E-state index contributed by atoms with van der Waals surface area (Å²) in [6.45, 7) is 3.66. The van der Waals surface area contributed by atoms with Crippen LogP contribution in [-0.4, -0.2) is 45.7 Å². The molecule has 2 aromatic carbocycles. The summed E-state index contributed by atoms with van der Waals surface area (Å²) in [5.74, 6) is 1.03. The van der Waals surface area contributed by atoms with Crippen molar-refractivity contribution in [2.75, 3.05) is 37.9 Å². The molecule has 26 heavy (non-hydrogen) atoms. The van der Waals surface area contributed by atoms with Crippen molar-refractivity contribution in [1.29, 1.82) is 0 Å². The smallest absolute Gasteiger partial charge is 0.243 e. The predicted molar refractivity (Wildman–Crippen MR) is 94.7 cm³/mol. The van der Waals surface area contributed by atoms with Crippen molar-refractivity contribution in [1.82, 2.24) is 4.31 Å². The summed E-state index contributed by atoms with van der Waals surface area (Å²) in [5, 5.41) is 0. The molecular formula is C18H19FN2O4S. The van der Waals surface area contributed by atoms with Gasteiger partial charge in [0.1, 0.15) is 5.82 Å². The second kappa shape index (κ2) is 6.44. The van der Waals surface area contributed by atoms with E-state index in [9.17, 15) is 12.8 Å². The van der Waals surface area contributed by atoms with Crippen molar-refractivity contribution in [3.63, 3.8) is 0 Å². The van der Waals surface area contributed by atoms with E-state index >= 15 is 0 Å². The minimum absolute atomic E-state index is 0.132. The maximum Gasteiger partial charge on any atom is 0.243 e. The van der Waals surface area contributed by atoms with E-state index in [-0.39, 0.29) is 11.7 Å². The molecule has 1 saturated heterocycles. The molecule has 4 rings (SSSR count). The number of nitrogens with zero attached hydrogens (tertiary/aromatic N) is 2. The summed E-state index contributed by atoms with van der Waals surface area (Å²) in [7, 11) is -3.62. The van der Waals surface area contributed by atoms with Crippen molar-refractivity contribution in [2.24, 2.45) is 0 Å². The maximum absolute atomic E-state index is 13.4. The Morgan fingerprint density at radius 3 is 2.42 bits per heavy atom. The zero-order valence-electron chi connectivity index (χ0n) is 14.3. The van der Waals surface area contributed by atoms with Gasteiger partial charge in [-0.1, -0.05) is 0 Å². The van der Waals surface area contributed by atoms with E-state index in [0.717, 1.165) is 11.4 Å². The summed E-state index contributed by atoms with van der Waals surface area (Å²) >= 11 is 0. The van der Waals surface area contributed by atoms with E-state index < -0.39 is 15.8 Å². The molecule has 0 radical (unpaired) electrons. The highest BCUT2D eigenvalue weighted by atomic mass is 32.2. The van der Waals surface area contributed by atoms with Gasteiger partial charge in [-0.3, -0.25) is 0 Å². The van der Waals surface area contributed by atoms with Gasteiger partial charge < -0.3 is 14.4 Å². The molecule has 2 aliphatic heterocycles. The number of sulfonamides is 1. The fraction of sp³-hybridized carbons (Fsp3) is 0.333. The van der Waals surface area contributed by atoms with E-state index in [0.29, 0.717) is 37.5 Å². The summed E-state index contributed by atoms with van der Waals surface area (Å²) in [4.78, 5) is 2.25. The molecule has 6 nitrogen and oxygen atoms in total. The molecule has 8 heteroatoms. The van der Waals surface area contributed by atoms with Crippen molar-refractivity contribution in [3.05, 3.63) is 47.8 Å². The monoisotopic (exact) mass is 378 g/mol. The molecule has 0 saturated carbocycles. The first-order chi connectivity index (χ1) is 12.4. The van der Waals surface area contributed by atoms with Gasteiger partial charge in [0.2, 0.25) is 16.8 Å². The van der Waals surface area contributed by atoms with Crippen LogP contribution in [0.4, 0.5) is 10.1 Å². The lowest BCUT2D eigenvalue weighted by Gasteiger charge is -2.35. The largest absolute Gasteiger partial charge is 0.454 e. The molecule has 2 aliphatic rings. The zero-order chi connectivity index (χ0) is 18.3. The highest BCUT2D eigenvalue weighted by molar-refractivity contribution is 7.89. The van der Waals surface area contributed by atoms with E-state index in [1.165, 1.54) is 22.5 Å². The van der Waals surface area contributed by atoms with E-state index in [2.05, 4.69) is 4.90 Å². The first kappa shape index (κ1) is 17.1. The summed E-state index contributed by atoms with van der Waals surface area (Å²) in [5.41, 5.74) is 1.30. The lowest BCUT2D eigenvalue weighted by Crippen LogP contribution is -2.48. The van der Waals surface area contributed by atoms with E-state index in [1.807, 2.05) is 18.2 Å². The number of anilines is 1. The van der Waals surface area contributed by atoms with Crippen LogP contribution < -0.4 is 14.4 Å². The van der Waals surface area contributed by atoms with Crippen LogP contribution >= 0.6 is 0 Å². The molecule has 0 unspecified atom stereocenters. The molecule has 0 bridgehead atoms. The SMILES string of the molecule is Cc1cc(S(=O)(=O)N2CCN(c3ccc4c(c3)OCO4)CC2)ccc1F. The number of halogens is 1. The van der Waals surface area contributed by atoms with Crippen molar-refractivity contribution in [2.45, 2.75) is 11.8 Å². The molecule has 0 N–H and O–H groups in total. The second-order valence-electron chi connectivity index (χ2n) is 6.34. The topological polar surface area (TPSA) is 59.1 Å². The minimum atomic E-state index is -3.62. The van der Waals surface area contributed by atoms with Crippen LogP contribution in [0.5, 0.6) is 11.5 Å². The maximum atomic E-state index is 13.4. The first-order valence-electron chi connectivity index (χ1n) is 8.36. The van der Waals surface area contributed by atoms with Crippen LogP contribution in [0, 0.1) is 12.7 Å². The Labute approximate surface area is 151 Å². The van der Waals surface area contributed by atoms with Crippen LogP contribution in [0.3, 0.4) is 0 Å². The van der Waals surface area contributed by atoms with Crippen LogP contribution in [0.1, 0.15) is 5.56 Å². The Hall–Kier alpha value is -2.32. The van der Waals surface area contributed by atoms with Gasteiger partial charge in [-0.05, 0) is 42.8 Å². The molecule has 2 heterocycles. The zero-order valence-corrected chi connectivity index (χ0v) is 15.1. The third kappa shape index (κ3) is 2.99. The summed E-state index contributed by atoms with van der Waals surface area (Å²) in [6.07, 6.45) is 0. The molecule has 138 valence electrons. The highest BCUT2D eigenvalue weighted by Crippen LogP contribution is 2.35. The Balaban J connectivity index is 1.48. The molecule has 0 aromatic heterocycles. The number of aryl methyl sites for hydroxylation is 1. The molecule has 0 atom stereocenters. The van der Waals surface area contributed by atoms with Gasteiger partial charge in [-0.15, -0.1) is 0 Å². The van der Waals surface area contributed by atoms with Crippen LogP contribution in [0.25, 0.3) is 0 Å². The molecule has 0 aliphatic carbocycles. The number of fused-ring (bicyclic) bond motifs is 1. The predicted octanol–water partition coefficient (Wildman–Crippen LogP) is 2.37. The van der Waals surface area contributed by atoms with Gasteiger partial charge >= 0.3 is 0 Å². The Kier molecular flexibility index (Phi) is 4.24. The van der Waals surface area contributed by atoms with Crippen LogP contribution in [0.15, 0.2) is 41.3 Å². The number of benzene rings is 2. The number of hydrogen-bond donors (Lipinski definition) is 0. The third-order valence-corrected chi connectivity index (χ3v) is 6.62. The molecular weight excluding hydrogens is 359 g/mol. The van der Waals surface area contributed by atoms with Gasteiger partial charge in [-0.2, -0.15) is 4.31 Å². The summed E-state index contributed by atoms with van der Waals surface area (Å²) < 4.78 is 51.2. The van der Waals surface area contributed by atoms with E-state index in [4.69, 9.17) is 9.47 Å². The Morgan fingerprint density at radius 2 is 1.69 bits per heavy atom. The van der Waals surface area contributed by atoms with Crippen molar-refractivity contribution < 1.29 is 22.3 Å². The standard InChI is InChI=1S/C18H19FN2O4S/c1-13-10-15(3-4-16(13)19)26(22,23)21-8-6-20(7-9-21)14-2-5-17-18(11-14)25-12-24-17/h2-5,10-11H,6-9,12H2,1H3. The number of ether oxygens (including phenoxy) is 2. The third-order valence-electron chi connectivity index (χ3n) is 4.73. The quantitative estimate of drug-likeness (QED) is 0.821. The number of piperazine rings is 1. The van der Waals surface area contributed by atoms with E-state index in [1.54, 1.807) is 6.92 Å². The van der Waals surface area contributed by atoms with Crippen molar-refractivity contribution >= 4 is 15.7 Å². The van der Waals surface area contributed by atoms with Gasteiger partial charge in [0, 0.05) is 37.9 Å². The average Bonchev–Trinajstić information content (AvgIpc) is 3.11. The van der Waals surface area contributed by atoms with Gasteiger partial charge in [0.05, 0.1) is 4.90 Å². The lowest BCUT2D eigenvalue weighted by molar-refractivity contribution is 0.174. The minimum Gasteiger partial charge on any atom is -0.454 e. The second-order valence-corrected chi connectivity index (χ2v) is 8.28. The highest BCUT2D eigenvalue weighted by Gasteiger charge is 2.29. The number of hydrogen-bond acceptors (Lipinski definition) is 5. The average molecular weight is 378 g/mol. The fourth-order valence-corrected chi connectivity index (χ4v) is 4.70. The number of rotatable bonds is 3. The van der Waals surface area contributed by atoms with Gasteiger partial charge in [-0.25, -0.2) is 12.8 Å². The molecule has 1 fully saturated rings. The fourth-order valence-electron chi connectivity index (χ4n) is 3.20.